The molecule has 2 saturated heterocycles. The number of benzene rings is 1. The number of aromatic nitrogens is 1. The van der Waals surface area contributed by atoms with Gasteiger partial charge in [-0.3, -0.25) is 14.5 Å². The van der Waals surface area contributed by atoms with E-state index in [-0.39, 0.29) is 16.8 Å². The van der Waals surface area contributed by atoms with Crippen LogP contribution in [0.2, 0.25) is 0 Å². The third-order valence-electron chi connectivity index (χ3n) is 5.65. The molecule has 1 aromatic carbocycles. The summed E-state index contributed by atoms with van der Waals surface area (Å²) < 4.78 is 27.6. The third kappa shape index (κ3) is 4.59. The number of nitrogens with zero attached hydrogens (tertiary/aromatic N) is 3. The highest BCUT2D eigenvalue weighted by Gasteiger charge is 2.31. The van der Waals surface area contributed by atoms with Gasteiger partial charge in [-0.1, -0.05) is 0 Å². The monoisotopic (exact) mass is 414 g/mol. The molecule has 1 unspecified atom stereocenters. The zero-order chi connectivity index (χ0) is 20.3. The first-order valence-electron chi connectivity index (χ1n) is 10.1. The van der Waals surface area contributed by atoms with Gasteiger partial charge >= 0.3 is 0 Å². The fraction of sp³-hybridized carbons (Fsp3) is 0.429. The predicted octanol–water partition coefficient (Wildman–Crippen LogP) is 2.58. The van der Waals surface area contributed by atoms with Crippen molar-refractivity contribution in [2.75, 3.05) is 30.9 Å². The number of carbonyl (C=O) groups excluding carboxylic acids is 1. The van der Waals surface area contributed by atoms with Gasteiger partial charge in [0.25, 0.3) is 15.9 Å². The molecule has 4 rings (SSSR count). The minimum atomic E-state index is -3.71. The number of sulfonamides is 1. The van der Waals surface area contributed by atoms with Crippen molar-refractivity contribution < 1.29 is 13.2 Å². The van der Waals surface area contributed by atoms with E-state index < -0.39 is 10.0 Å². The Morgan fingerprint density at radius 1 is 1.00 bits per heavy atom. The maximum Gasteiger partial charge on any atom is 0.261 e. The first-order chi connectivity index (χ1) is 14.0. The molecule has 0 aliphatic carbocycles. The van der Waals surface area contributed by atoms with Crippen LogP contribution in [0.4, 0.5) is 5.69 Å². The number of likely N-dealkylation sites (tertiary alicyclic amines) is 2. The molecule has 0 saturated carbocycles. The quantitative estimate of drug-likeness (QED) is 0.786. The van der Waals surface area contributed by atoms with Crippen molar-refractivity contribution >= 4 is 21.6 Å². The van der Waals surface area contributed by atoms with Crippen LogP contribution in [0.25, 0.3) is 0 Å². The predicted molar refractivity (Wildman–Crippen MR) is 111 cm³/mol. The van der Waals surface area contributed by atoms with Gasteiger partial charge < -0.3 is 9.80 Å². The summed E-state index contributed by atoms with van der Waals surface area (Å²) in [5, 5.41) is 0. The molecule has 1 aromatic heterocycles. The maximum absolute atomic E-state index is 13.0. The summed E-state index contributed by atoms with van der Waals surface area (Å²) in [6, 6.07) is 9.61. The van der Waals surface area contributed by atoms with Crippen molar-refractivity contribution in [1.29, 1.82) is 0 Å². The van der Waals surface area contributed by atoms with Crippen molar-refractivity contribution in [2.45, 2.75) is 36.6 Å². The van der Waals surface area contributed by atoms with Crippen molar-refractivity contribution in [2.24, 2.45) is 0 Å². The molecule has 2 aromatic rings. The van der Waals surface area contributed by atoms with Crippen LogP contribution in [0, 0.1) is 0 Å². The number of hydrogen-bond donors (Lipinski definition) is 1. The van der Waals surface area contributed by atoms with Gasteiger partial charge in [-0.05, 0) is 75.2 Å². The highest BCUT2D eigenvalue weighted by molar-refractivity contribution is 7.92. The van der Waals surface area contributed by atoms with Gasteiger partial charge in [-0.25, -0.2) is 8.42 Å². The second-order valence-electron chi connectivity index (χ2n) is 7.67. The zero-order valence-electron chi connectivity index (χ0n) is 16.3. The summed E-state index contributed by atoms with van der Waals surface area (Å²) in [5.41, 5.74) is 0.975. The molecule has 1 N–H and O–H groups in total. The van der Waals surface area contributed by atoms with E-state index in [0.29, 0.717) is 11.3 Å². The van der Waals surface area contributed by atoms with Crippen LogP contribution >= 0.6 is 0 Å². The van der Waals surface area contributed by atoms with Gasteiger partial charge in [-0.15, -0.1) is 0 Å². The molecule has 3 heterocycles. The zero-order valence-corrected chi connectivity index (χ0v) is 17.1. The van der Waals surface area contributed by atoms with Crippen LogP contribution in [-0.4, -0.2) is 61.3 Å². The Kier molecular flexibility index (Phi) is 5.82. The molecule has 2 aliphatic rings. The maximum atomic E-state index is 13.0. The van der Waals surface area contributed by atoms with Crippen LogP contribution in [0.15, 0.2) is 53.7 Å². The van der Waals surface area contributed by atoms with E-state index in [0.717, 1.165) is 39.0 Å². The molecule has 0 spiro atoms. The fourth-order valence-corrected chi connectivity index (χ4v) is 5.19. The number of carbonyl (C=O) groups is 1. The lowest BCUT2D eigenvalue weighted by Crippen LogP contribution is -2.42. The third-order valence-corrected chi connectivity index (χ3v) is 7.05. The van der Waals surface area contributed by atoms with Crippen molar-refractivity contribution in [1.82, 2.24) is 14.8 Å². The number of amides is 1. The standard InChI is InChI=1S/C21H26N4O3S/c26-21(25-15-3-4-19(25)16-24-13-1-2-14-24)17-5-7-20(8-6-17)29(27,28)23-18-9-11-22-12-10-18/h5-12,19H,1-4,13-16H2,(H,22,23). The molecule has 1 atom stereocenters. The van der Waals surface area contributed by atoms with E-state index in [2.05, 4.69) is 14.6 Å². The summed E-state index contributed by atoms with van der Waals surface area (Å²) in [6.07, 6.45) is 7.58. The topological polar surface area (TPSA) is 82.6 Å². The number of nitrogens with one attached hydrogen (secondary N) is 1. The van der Waals surface area contributed by atoms with Crippen molar-refractivity contribution in [3.05, 3.63) is 54.4 Å². The van der Waals surface area contributed by atoms with E-state index in [4.69, 9.17) is 0 Å². The Labute approximate surface area is 171 Å². The van der Waals surface area contributed by atoms with E-state index in [1.807, 2.05) is 4.90 Å². The Morgan fingerprint density at radius 2 is 1.69 bits per heavy atom. The van der Waals surface area contributed by atoms with Crippen LogP contribution in [-0.2, 0) is 10.0 Å². The van der Waals surface area contributed by atoms with Crippen LogP contribution in [0.3, 0.4) is 0 Å². The van der Waals surface area contributed by atoms with E-state index in [1.54, 1.807) is 24.3 Å². The number of rotatable bonds is 6. The molecule has 0 radical (unpaired) electrons. The Bertz CT molecular complexity index is 942. The SMILES string of the molecule is O=C(c1ccc(S(=O)(=O)Nc2ccncc2)cc1)N1CCCC1CN1CCCC1. The van der Waals surface area contributed by atoms with Gasteiger partial charge in [-0.2, -0.15) is 0 Å². The fourth-order valence-electron chi connectivity index (χ4n) is 4.13. The lowest BCUT2D eigenvalue weighted by Gasteiger charge is -2.28. The summed E-state index contributed by atoms with van der Waals surface area (Å²) in [7, 11) is -3.71. The number of hydrogen-bond acceptors (Lipinski definition) is 5. The average Bonchev–Trinajstić information content (AvgIpc) is 3.40. The molecule has 1 amide bonds. The Hall–Kier alpha value is -2.45. The number of pyridine rings is 1. The smallest absolute Gasteiger partial charge is 0.261 e. The van der Waals surface area contributed by atoms with Gasteiger partial charge in [0.1, 0.15) is 0 Å². The molecule has 7 nitrogen and oxygen atoms in total. The largest absolute Gasteiger partial charge is 0.334 e. The summed E-state index contributed by atoms with van der Waals surface area (Å²) in [6.45, 7) is 3.94. The van der Waals surface area contributed by atoms with Crippen LogP contribution in [0.1, 0.15) is 36.0 Å². The Balaban J connectivity index is 1.44. The van der Waals surface area contributed by atoms with Crippen molar-refractivity contribution in [3.63, 3.8) is 0 Å². The van der Waals surface area contributed by atoms with E-state index >= 15 is 0 Å². The molecular weight excluding hydrogens is 388 g/mol. The van der Waals surface area contributed by atoms with Crippen LogP contribution in [0.5, 0.6) is 0 Å². The lowest BCUT2D eigenvalue weighted by atomic mass is 10.1. The second kappa shape index (κ2) is 8.51. The van der Waals surface area contributed by atoms with E-state index in [9.17, 15) is 13.2 Å². The van der Waals surface area contributed by atoms with E-state index in [1.165, 1.54) is 37.4 Å². The second-order valence-corrected chi connectivity index (χ2v) is 9.35. The van der Waals surface area contributed by atoms with Gasteiger partial charge in [0.05, 0.1) is 10.6 Å². The van der Waals surface area contributed by atoms with Gasteiger partial charge in [0.15, 0.2) is 0 Å². The Morgan fingerprint density at radius 3 is 2.38 bits per heavy atom. The highest BCUT2D eigenvalue weighted by Crippen LogP contribution is 2.23. The molecule has 0 bridgehead atoms. The molecule has 2 aliphatic heterocycles. The average molecular weight is 415 g/mol. The lowest BCUT2D eigenvalue weighted by molar-refractivity contribution is 0.0708. The molecule has 154 valence electrons. The normalized spacial score (nSPS) is 20.1. The van der Waals surface area contributed by atoms with Crippen LogP contribution < -0.4 is 4.72 Å². The molecule has 8 heteroatoms. The minimum absolute atomic E-state index is 0.0160. The summed E-state index contributed by atoms with van der Waals surface area (Å²) in [4.78, 5) is 21.4. The summed E-state index contributed by atoms with van der Waals surface area (Å²) >= 11 is 0. The van der Waals surface area contributed by atoms with Gasteiger partial charge in [0.2, 0.25) is 0 Å². The van der Waals surface area contributed by atoms with Gasteiger partial charge in [0, 0.05) is 37.1 Å². The first-order valence-corrected chi connectivity index (χ1v) is 11.6. The number of anilines is 1. The molecule has 2 fully saturated rings. The molecular formula is C21H26N4O3S. The first kappa shape index (κ1) is 19.8. The summed E-state index contributed by atoms with van der Waals surface area (Å²) in [5.74, 6) is -0.0160. The molecule has 29 heavy (non-hydrogen) atoms. The minimum Gasteiger partial charge on any atom is -0.334 e. The van der Waals surface area contributed by atoms with Crippen molar-refractivity contribution in [3.8, 4) is 0 Å². The highest BCUT2D eigenvalue weighted by atomic mass is 32.2.